The maximum Gasteiger partial charge on any atom is 0.407 e. The lowest BCUT2D eigenvalue weighted by Gasteiger charge is -2.29. The minimum atomic E-state index is -0.897. The zero-order valence-corrected chi connectivity index (χ0v) is 34.8. The van der Waals surface area contributed by atoms with Gasteiger partial charge in [-0.15, -0.1) is 0 Å². The molecule has 4 heterocycles. The molecule has 0 aliphatic carbocycles. The third-order valence-electron chi connectivity index (χ3n) is 11.2. The number of likely N-dealkylation sites (tertiary alicyclic amines) is 2. The summed E-state index contributed by atoms with van der Waals surface area (Å²) in [5, 5.41) is 5.41. The number of aromatic amines is 2. The maximum absolute atomic E-state index is 14.0. The summed E-state index contributed by atoms with van der Waals surface area (Å²) in [6.45, 7) is 4.92. The van der Waals surface area contributed by atoms with Gasteiger partial charge in [-0.05, 0) is 66.0 Å². The van der Waals surface area contributed by atoms with Crippen LogP contribution in [0.2, 0.25) is 0 Å². The summed E-state index contributed by atoms with van der Waals surface area (Å²) < 4.78 is 9.61. The summed E-state index contributed by atoms with van der Waals surface area (Å²) in [5.74, 6) is 0.907. The van der Waals surface area contributed by atoms with E-state index >= 15 is 0 Å². The van der Waals surface area contributed by atoms with Crippen molar-refractivity contribution >= 4 is 36.2 Å². The summed E-state index contributed by atoms with van der Waals surface area (Å²) in [4.78, 5) is 71.7. The molecule has 5 aromatic rings. The number of H-pyrrole nitrogens is 2. The van der Waals surface area contributed by atoms with Crippen LogP contribution in [0.1, 0.15) is 86.1 Å². The van der Waals surface area contributed by atoms with Crippen LogP contribution in [0.5, 0.6) is 0 Å². The Kier molecular flexibility index (Phi) is 13.4. The number of ether oxygens (including phenoxy) is 2. The topological polar surface area (TPSA) is 175 Å². The smallest absolute Gasteiger partial charge is 0.407 e. The van der Waals surface area contributed by atoms with E-state index < -0.39 is 24.3 Å². The van der Waals surface area contributed by atoms with Gasteiger partial charge in [-0.3, -0.25) is 9.59 Å². The second-order valence-electron chi connectivity index (χ2n) is 15.5. The highest BCUT2D eigenvalue weighted by Gasteiger charge is 2.38. The predicted octanol–water partition coefficient (Wildman–Crippen LogP) is 8.00. The number of allylic oxidation sites excluding steroid dienone is 2. The van der Waals surface area contributed by atoms with Gasteiger partial charge in [0.25, 0.3) is 5.91 Å². The fraction of sp³-hybridized carbons (Fsp3) is 0.319. The fourth-order valence-electron chi connectivity index (χ4n) is 8.10. The van der Waals surface area contributed by atoms with Crippen LogP contribution in [0, 0.1) is 5.92 Å². The lowest BCUT2D eigenvalue weighted by molar-refractivity contribution is -0.135. The Morgan fingerprint density at radius 2 is 1.33 bits per heavy atom. The van der Waals surface area contributed by atoms with Gasteiger partial charge in [0.1, 0.15) is 23.7 Å². The molecular weight excluding hydrogens is 773 g/mol. The van der Waals surface area contributed by atoms with Crippen molar-refractivity contribution in [1.29, 1.82) is 0 Å². The summed E-state index contributed by atoms with van der Waals surface area (Å²) in [7, 11) is 2.57. The monoisotopic (exact) mass is 824 g/mol. The van der Waals surface area contributed by atoms with E-state index in [2.05, 4.69) is 62.0 Å². The molecule has 4 N–H and O–H groups in total. The first kappa shape index (κ1) is 42.2. The Morgan fingerprint density at radius 1 is 0.721 bits per heavy atom. The standard InChI is InChI=1S/C47H52N8O6/c1-30(2)40(52-46(58)60-3)44(56)54-25-13-21-38(54)42-48-28-35(50-42)20-12-11-17-32-23-24-34(27-36(32)31-15-7-5-8-16-31)37-29-49-43(51-37)39-22-14-26-55(39)45(57)41(53-47(59)61-4)33-18-9-6-10-19-33/h5-12,15-20,23-24,27-30,38-41H,13-14,21-22,25-26H2,1-4H3,(H,48,50)(H,49,51)(H,52,58)(H,53,59)/t38-,39-,40-,41+/m0/s1. The highest BCUT2D eigenvalue weighted by atomic mass is 16.5. The van der Waals surface area contributed by atoms with Crippen LogP contribution in [0.3, 0.4) is 0 Å². The average Bonchev–Trinajstić information content (AvgIpc) is 4.14. The zero-order chi connectivity index (χ0) is 42.9. The van der Waals surface area contributed by atoms with Crippen LogP contribution in [-0.4, -0.2) is 87.1 Å². The van der Waals surface area contributed by atoms with E-state index in [0.717, 1.165) is 59.3 Å². The third kappa shape index (κ3) is 9.75. The van der Waals surface area contributed by atoms with Crippen molar-refractivity contribution < 1.29 is 28.7 Å². The van der Waals surface area contributed by atoms with Gasteiger partial charge in [-0.2, -0.15) is 0 Å². The molecule has 316 valence electrons. The van der Waals surface area contributed by atoms with E-state index in [-0.39, 0.29) is 29.8 Å². The van der Waals surface area contributed by atoms with Gasteiger partial charge in [0.15, 0.2) is 0 Å². The van der Waals surface area contributed by atoms with Gasteiger partial charge in [0, 0.05) is 18.7 Å². The minimum absolute atomic E-state index is 0.114. The SMILES string of the molecule is COC(=O)N[C@H](C(=O)N1CCC[C@H]1c1ncc(C=CC=Cc2ccc(-c3cnc([C@@H]4CCCN4C(=O)[C@H](NC(=O)OC)c4ccccc4)[nH]3)cc2-c2ccccc2)[nH]1)C(C)C. The van der Waals surface area contributed by atoms with Crippen LogP contribution in [-0.2, 0) is 19.1 Å². The molecule has 2 aliphatic rings. The molecule has 2 aliphatic heterocycles. The van der Waals surface area contributed by atoms with E-state index in [1.807, 2.05) is 80.6 Å². The molecule has 4 amide bonds. The Balaban J connectivity index is 1.07. The van der Waals surface area contributed by atoms with Gasteiger partial charge in [-0.1, -0.05) is 105 Å². The summed E-state index contributed by atoms with van der Waals surface area (Å²) >= 11 is 0. The first-order chi connectivity index (χ1) is 29.6. The minimum Gasteiger partial charge on any atom is -0.453 e. The number of nitrogens with zero attached hydrogens (tertiary/aromatic N) is 4. The van der Waals surface area contributed by atoms with Crippen molar-refractivity contribution in [3.05, 3.63) is 132 Å². The second-order valence-corrected chi connectivity index (χ2v) is 15.5. The number of alkyl carbamates (subject to hydrolysis) is 2. The molecule has 61 heavy (non-hydrogen) atoms. The van der Waals surface area contributed by atoms with Crippen LogP contribution in [0.25, 0.3) is 34.5 Å². The van der Waals surface area contributed by atoms with E-state index in [9.17, 15) is 19.2 Å². The second kappa shape index (κ2) is 19.4. The number of hydrogen-bond acceptors (Lipinski definition) is 8. The molecule has 14 nitrogen and oxygen atoms in total. The number of benzene rings is 3. The first-order valence-electron chi connectivity index (χ1n) is 20.6. The number of methoxy groups -OCH3 is 2. The Labute approximate surface area is 355 Å². The lowest BCUT2D eigenvalue weighted by atomic mass is 9.96. The van der Waals surface area contributed by atoms with Gasteiger partial charge in [-0.25, -0.2) is 19.6 Å². The molecule has 0 bridgehead atoms. The zero-order valence-electron chi connectivity index (χ0n) is 34.8. The van der Waals surface area contributed by atoms with E-state index in [0.29, 0.717) is 30.3 Å². The fourth-order valence-corrected chi connectivity index (χ4v) is 8.10. The maximum atomic E-state index is 14.0. The van der Waals surface area contributed by atoms with Crippen LogP contribution in [0.15, 0.2) is 103 Å². The van der Waals surface area contributed by atoms with Crippen molar-refractivity contribution in [2.45, 2.75) is 63.7 Å². The number of rotatable bonds is 13. The van der Waals surface area contributed by atoms with Crippen molar-refractivity contribution in [1.82, 2.24) is 40.4 Å². The lowest BCUT2D eigenvalue weighted by Crippen LogP contribution is -2.51. The molecule has 0 unspecified atom stereocenters. The third-order valence-corrected chi connectivity index (χ3v) is 11.2. The molecule has 0 radical (unpaired) electrons. The highest BCUT2D eigenvalue weighted by Crippen LogP contribution is 2.36. The Hall–Kier alpha value is -6.96. The summed E-state index contributed by atoms with van der Waals surface area (Å²) in [6.07, 6.45) is 13.3. The van der Waals surface area contributed by atoms with Crippen LogP contribution in [0.4, 0.5) is 9.59 Å². The molecule has 7 rings (SSSR count). The van der Waals surface area contributed by atoms with Crippen molar-refractivity contribution in [3.8, 4) is 22.4 Å². The van der Waals surface area contributed by atoms with Crippen LogP contribution < -0.4 is 10.6 Å². The first-order valence-corrected chi connectivity index (χ1v) is 20.6. The van der Waals surface area contributed by atoms with Gasteiger partial charge in [0.05, 0.1) is 50.1 Å². The number of carbonyl (C=O) groups excluding carboxylic acids is 4. The molecule has 0 saturated carbocycles. The number of imidazole rings is 2. The number of aromatic nitrogens is 4. The number of nitrogens with one attached hydrogen (secondary N) is 4. The Bertz CT molecular complexity index is 2370. The highest BCUT2D eigenvalue weighted by molar-refractivity contribution is 5.88. The molecule has 2 fully saturated rings. The molecule has 2 saturated heterocycles. The average molecular weight is 825 g/mol. The summed E-state index contributed by atoms with van der Waals surface area (Å²) in [6, 6.07) is 23.5. The van der Waals surface area contributed by atoms with Crippen molar-refractivity contribution in [2.24, 2.45) is 5.92 Å². The number of carbonyl (C=O) groups is 4. The van der Waals surface area contributed by atoms with Crippen molar-refractivity contribution in [3.63, 3.8) is 0 Å². The van der Waals surface area contributed by atoms with Crippen molar-refractivity contribution in [2.75, 3.05) is 27.3 Å². The molecule has 0 spiro atoms. The van der Waals surface area contributed by atoms with E-state index in [4.69, 9.17) is 14.5 Å². The number of hydrogen-bond donors (Lipinski definition) is 4. The predicted molar refractivity (Wildman–Crippen MR) is 232 cm³/mol. The van der Waals surface area contributed by atoms with Crippen LogP contribution >= 0.6 is 0 Å². The molecular formula is C47H52N8O6. The Morgan fingerprint density at radius 3 is 2.00 bits per heavy atom. The molecule has 4 atom stereocenters. The quantitative estimate of drug-likeness (QED) is 0.0865. The normalized spacial score (nSPS) is 17.5. The van der Waals surface area contributed by atoms with Gasteiger partial charge >= 0.3 is 12.2 Å². The molecule has 2 aromatic heterocycles. The van der Waals surface area contributed by atoms with Gasteiger partial charge < -0.3 is 39.9 Å². The number of amides is 4. The summed E-state index contributed by atoms with van der Waals surface area (Å²) in [5.41, 5.74) is 6.35. The van der Waals surface area contributed by atoms with E-state index in [1.165, 1.54) is 14.2 Å². The van der Waals surface area contributed by atoms with Gasteiger partial charge in [0.2, 0.25) is 5.91 Å². The molecule has 3 aromatic carbocycles. The van der Waals surface area contributed by atoms with E-state index in [1.54, 1.807) is 22.2 Å². The molecule has 14 heteroatoms. The largest absolute Gasteiger partial charge is 0.453 e.